The third-order valence-electron chi connectivity index (χ3n) is 4.92. The molecule has 0 saturated heterocycles. The Balaban J connectivity index is 4.24. The number of aliphatic hydroxyl groups is 1. The monoisotopic (exact) mass is 564 g/mol. The molecule has 0 spiro atoms. The van der Waals surface area contributed by atoms with Gasteiger partial charge >= 0.3 is 17.9 Å². The highest BCUT2D eigenvalue weighted by Gasteiger charge is 2.35. The number of rotatable bonds is 18. The van der Waals surface area contributed by atoms with Crippen LogP contribution in [0.5, 0.6) is 0 Å². The van der Waals surface area contributed by atoms with Gasteiger partial charge in [0.15, 0.2) is 5.12 Å². The van der Waals surface area contributed by atoms with Crippen LogP contribution in [0.25, 0.3) is 0 Å². The number of esters is 1. The zero-order valence-corrected chi connectivity index (χ0v) is 22.3. The maximum absolute atomic E-state index is 12.2. The van der Waals surface area contributed by atoms with Crippen molar-refractivity contribution in [1.82, 2.24) is 16.0 Å². The highest BCUT2D eigenvalue weighted by molar-refractivity contribution is 8.13. The molecule has 8 N–H and O–H groups in total. The molecule has 0 aliphatic heterocycles. The number of ether oxygens (including phenoxy) is 1. The van der Waals surface area contributed by atoms with E-state index in [-0.39, 0.29) is 43.2 Å². The number of hydrogen-bond donors (Lipinski definition) is 7. The third kappa shape index (κ3) is 15.1. The summed E-state index contributed by atoms with van der Waals surface area (Å²) in [5.74, 6) is -5.03. The van der Waals surface area contributed by atoms with Crippen LogP contribution in [0.4, 0.5) is 0 Å². The fourth-order valence-electron chi connectivity index (χ4n) is 2.75. The minimum absolute atomic E-state index is 0.0594. The van der Waals surface area contributed by atoms with Crippen molar-refractivity contribution in [2.75, 3.05) is 25.4 Å². The average molecular weight is 565 g/mol. The van der Waals surface area contributed by atoms with Gasteiger partial charge in [0.2, 0.25) is 17.7 Å². The molecule has 0 bridgehead atoms. The molecule has 0 fully saturated rings. The van der Waals surface area contributed by atoms with Crippen molar-refractivity contribution < 1.29 is 53.6 Å². The van der Waals surface area contributed by atoms with Crippen molar-refractivity contribution in [1.29, 1.82) is 0 Å². The molecule has 0 radical (unpaired) electrons. The Morgan fingerprint density at radius 3 is 2.18 bits per heavy atom. The molecular weight excluding hydrogens is 528 g/mol. The van der Waals surface area contributed by atoms with E-state index in [9.17, 15) is 38.7 Å². The quantitative estimate of drug-likeness (QED) is 0.0701. The number of aliphatic hydroxyl groups excluding tert-OH is 1. The SMILES string of the molecule is CC(=O)N[C@@H](CCC(=O)SCCNC(=O)CCNC(=O)[C@H](O)C(C)(C)COC(=O)[C@@H](N)CC(=O)O)C(=O)O. The minimum atomic E-state index is -1.61. The van der Waals surface area contributed by atoms with Gasteiger partial charge in [-0.3, -0.25) is 28.8 Å². The van der Waals surface area contributed by atoms with Crippen LogP contribution in [0.15, 0.2) is 0 Å². The zero-order chi connectivity index (χ0) is 29.5. The van der Waals surface area contributed by atoms with Gasteiger partial charge in [-0.25, -0.2) is 4.79 Å². The number of carboxylic acid groups (broad SMARTS) is 2. The smallest absolute Gasteiger partial charge is 0.326 e. The van der Waals surface area contributed by atoms with Crippen molar-refractivity contribution in [3.05, 3.63) is 0 Å². The van der Waals surface area contributed by atoms with E-state index < -0.39 is 72.3 Å². The third-order valence-corrected chi connectivity index (χ3v) is 5.86. The van der Waals surface area contributed by atoms with Gasteiger partial charge in [0, 0.05) is 44.0 Å². The first kappa shape index (κ1) is 34.8. The summed E-state index contributed by atoms with van der Waals surface area (Å²) in [7, 11) is 0. The number of aliphatic carboxylic acids is 2. The molecule has 0 aromatic heterocycles. The van der Waals surface area contributed by atoms with Gasteiger partial charge in [-0.1, -0.05) is 25.6 Å². The molecule has 0 unspecified atom stereocenters. The van der Waals surface area contributed by atoms with E-state index in [1.807, 2.05) is 0 Å². The van der Waals surface area contributed by atoms with Crippen molar-refractivity contribution in [2.24, 2.45) is 11.1 Å². The summed E-state index contributed by atoms with van der Waals surface area (Å²) in [5.41, 5.74) is 4.16. The summed E-state index contributed by atoms with van der Waals surface area (Å²) < 4.78 is 4.91. The molecule has 216 valence electrons. The second kappa shape index (κ2) is 17.3. The molecule has 16 heteroatoms. The fourth-order valence-corrected chi connectivity index (χ4v) is 3.44. The lowest BCUT2D eigenvalue weighted by molar-refractivity contribution is -0.156. The van der Waals surface area contributed by atoms with Crippen LogP contribution in [0.2, 0.25) is 0 Å². The van der Waals surface area contributed by atoms with Crippen LogP contribution in [-0.4, -0.2) is 99.7 Å². The van der Waals surface area contributed by atoms with Gasteiger partial charge in [0.25, 0.3) is 0 Å². The van der Waals surface area contributed by atoms with Gasteiger partial charge in [0.1, 0.15) is 18.2 Å². The van der Waals surface area contributed by atoms with Crippen LogP contribution >= 0.6 is 11.8 Å². The number of carbonyl (C=O) groups excluding carboxylic acids is 5. The van der Waals surface area contributed by atoms with Crippen molar-refractivity contribution in [3.63, 3.8) is 0 Å². The van der Waals surface area contributed by atoms with Gasteiger partial charge in [-0.05, 0) is 6.42 Å². The highest BCUT2D eigenvalue weighted by Crippen LogP contribution is 2.21. The molecule has 0 aliphatic rings. The standard InChI is InChI=1S/C22H36N4O11S/c1-12(27)26-14(20(34)35)4-5-17(31)38-9-8-24-15(28)6-7-25-19(33)18(32)22(2,3)11-37-21(36)13(23)10-16(29)30/h13-14,18,32H,4-11,23H2,1-3H3,(H,24,28)(H,25,33)(H,26,27)(H,29,30)(H,34,35)/t13-,14-,18-/m0/s1. The summed E-state index contributed by atoms with van der Waals surface area (Å²) in [6, 6.07) is -2.54. The number of nitrogens with one attached hydrogen (secondary N) is 3. The van der Waals surface area contributed by atoms with E-state index >= 15 is 0 Å². The lowest BCUT2D eigenvalue weighted by atomic mass is 9.87. The van der Waals surface area contributed by atoms with Crippen molar-refractivity contribution in [3.8, 4) is 0 Å². The fraction of sp³-hybridized carbons (Fsp3) is 0.682. The summed E-state index contributed by atoms with van der Waals surface area (Å²) in [6.07, 6.45) is -2.49. The summed E-state index contributed by atoms with van der Waals surface area (Å²) in [4.78, 5) is 80.4. The Kier molecular flexibility index (Phi) is 15.8. The first-order chi connectivity index (χ1) is 17.6. The van der Waals surface area contributed by atoms with E-state index in [2.05, 4.69) is 16.0 Å². The number of thioether (sulfide) groups is 1. The maximum Gasteiger partial charge on any atom is 0.326 e. The Bertz CT molecular complexity index is 881. The molecule has 0 saturated carbocycles. The van der Waals surface area contributed by atoms with Crippen LogP contribution < -0.4 is 21.7 Å². The van der Waals surface area contributed by atoms with E-state index in [0.29, 0.717) is 0 Å². The number of amides is 3. The summed E-state index contributed by atoms with van der Waals surface area (Å²) >= 11 is 0.903. The topological polar surface area (TPSA) is 252 Å². The number of nitrogens with two attached hydrogens (primary N) is 1. The van der Waals surface area contributed by atoms with Gasteiger partial charge < -0.3 is 41.7 Å². The average Bonchev–Trinajstić information content (AvgIpc) is 2.81. The van der Waals surface area contributed by atoms with Gasteiger partial charge in [-0.2, -0.15) is 0 Å². The lowest BCUT2D eigenvalue weighted by Crippen LogP contribution is -2.47. The summed E-state index contributed by atoms with van der Waals surface area (Å²) in [6.45, 7) is 3.69. The van der Waals surface area contributed by atoms with Gasteiger partial charge in [-0.15, -0.1) is 0 Å². The number of hydrogen-bond acceptors (Lipinski definition) is 11. The van der Waals surface area contributed by atoms with Crippen LogP contribution in [0.3, 0.4) is 0 Å². The second-order valence-electron chi connectivity index (χ2n) is 8.94. The molecule has 0 aliphatic carbocycles. The zero-order valence-electron chi connectivity index (χ0n) is 21.5. The predicted octanol–water partition coefficient (Wildman–Crippen LogP) is -2.03. The molecule has 0 rings (SSSR count). The highest BCUT2D eigenvalue weighted by atomic mass is 32.2. The number of carboxylic acids is 2. The molecule has 0 heterocycles. The summed E-state index contributed by atoms with van der Waals surface area (Å²) in [5, 5.41) is 34.8. The van der Waals surface area contributed by atoms with E-state index in [4.69, 9.17) is 20.7 Å². The largest absolute Gasteiger partial charge is 0.481 e. The molecule has 3 atom stereocenters. The van der Waals surface area contributed by atoms with E-state index in [1.54, 1.807) is 0 Å². The first-order valence-corrected chi connectivity index (χ1v) is 12.6. The Morgan fingerprint density at radius 2 is 1.63 bits per heavy atom. The molecule has 38 heavy (non-hydrogen) atoms. The molecule has 3 amide bonds. The van der Waals surface area contributed by atoms with E-state index in [0.717, 1.165) is 11.8 Å². The lowest BCUT2D eigenvalue weighted by Gasteiger charge is -2.29. The minimum Gasteiger partial charge on any atom is -0.481 e. The van der Waals surface area contributed by atoms with Crippen molar-refractivity contribution >= 4 is 52.5 Å². The van der Waals surface area contributed by atoms with Crippen LogP contribution in [0, 0.1) is 5.41 Å². The first-order valence-electron chi connectivity index (χ1n) is 11.6. The predicted molar refractivity (Wildman–Crippen MR) is 134 cm³/mol. The Morgan fingerprint density at radius 1 is 1.00 bits per heavy atom. The molecule has 15 nitrogen and oxygen atoms in total. The second-order valence-corrected chi connectivity index (χ2v) is 10.1. The van der Waals surface area contributed by atoms with Crippen LogP contribution in [0.1, 0.15) is 46.5 Å². The molecule has 0 aromatic rings. The maximum atomic E-state index is 12.2. The molecular formula is C22H36N4O11S. The van der Waals surface area contributed by atoms with Crippen LogP contribution in [-0.2, 0) is 38.3 Å². The van der Waals surface area contributed by atoms with E-state index in [1.165, 1.54) is 20.8 Å². The van der Waals surface area contributed by atoms with Crippen molar-refractivity contribution in [2.45, 2.75) is 64.6 Å². The number of carbonyl (C=O) groups is 7. The van der Waals surface area contributed by atoms with Gasteiger partial charge in [0.05, 0.1) is 13.0 Å². The Labute approximate surface area is 223 Å². The normalized spacial score (nSPS) is 13.4. The Hall–Kier alpha value is -3.24. The molecule has 0 aromatic carbocycles.